The van der Waals surface area contributed by atoms with E-state index >= 15 is 0 Å². The van der Waals surface area contributed by atoms with Crippen molar-refractivity contribution < 1.29 is 9.67 Å². The van der Waals surface area contributed by atoms with E-state index in [1.807, 2.05) is 36.1 Å². The molecule has 0 saturated heterocycles. The average Bonchev–Trinajstić information content (AvgIpc) is 2.34. The number of hydrazone groups is 1. The van der Waals surface area contributed by atoms with Gasteiger partial charge in [-0.1, -0.05) is 0 Å². The van der Waals surface area contributed by atoms with E-state index in [-0.39, 0.29) is 6.61 Å². The fourth-order valence-corrected chi connectivity index (χ4v) is 1.20. The Bertz CT molecular complexity index is 404. The van der Waals surface area contributed by atoms with Crippen molar-refractivity contribution in [2.45, 2.75) is 0 Å². The molecular weight excluding hydrogens is 238 g/mol. The highest BCUT2D eigenvalue weighted by Crippen LogP contribution is 1.93. The lowest BCUT2D eigenvalue weighted by Crippen LogP contribution is -2.35. The summed E-state index contributed by atoms with van der Waals surface area (Å²) in [5.74, 6) is 0.346. The van der Waals surface area contributed by atoms with Crippen molar-refractivity contribution in [2.24, 2.45) is 17.9 Å². The van der Waals surface area contributed by atoms with E-state index in [1.165, 1.54) is 0 Å². The van der Waals surface area contributed by atoms with Gasteiger partial charge in [-0.3, -0.25) is 5.43 Å². The third kappa shape index (κ3) is 4.75. The number of hydrogen-bond donors (Lipinski definition) is 4. The molecule has 0 aliphatic rings. The Balaban J connectivity index is 2.54. The number of nitrogens with one attached hydrogen (secondary N) is 2. The highest BCUT2D eigenvalue weighted by molar-refractivity contribution is 7.80. The van der Waals surface area contributed by atoms with E-state index in [4.69, 9.17) is 23.1 Å². The number of thiocarbonyl (C=S) groups is 1. The minimum absolute atomic E-state index is 0.0101. The van der Waals surface area contributed by atoms with Crippen molar-refractivity contribution >= 4 is 23.2 Å². The van der Waals surface area contributed by atoms with Gasteiger partial charge in [-0.2, -0.15) is 5.10 Å². The number of nitrogens with two attached hydrogens (primary N) is 1. The van der Waals surface area contributed by atoms with Crippen LogP contribution >= 0.6 is 12.2 Å². The molecule has 0 aliphatic heterocycles. The molecule has 1 aromatic rings. The number of pyridine rings is 1. The van der Waals surface area contributed by atoms with Crippen molar-refractivity contribution in [1.29, 1.82) is 0 Å². The van der Waals surface area contributed by atoms with Gasteiger partial charge in [-0.05, 0) is 12.2 Å². The number of hydrogen-bond acceptors (Lipinski definition) is 3. The molecule has 0 atom stereocenters. The smallest absolute Gasteiger partial charge is 0.187 e. The van der Waals surface area contributed by atoms with E-state index in [9.17, 15) is 0 Å². The van der Waals surface area contributed by atoms with Gasteiger partial charge in [0.1, 0.15) is 7.05 Å². The summed E-state index contributed by atoms with van der Waals surface area (Å²) in [5, 5.41) is 15.6. The first-order chi connectivity index (χ1) is 8.13. The van der Waals surface area contributed by atoms with Crippen LogP contribution in [0.25, 0.3) is 0 Å². The van der Waals surface area contributed by atoms with Gasteiger partial charge in [0, 0.05) is 24.2 Å². The van der Waals surface area contributed by atoms with Crippen LogP contribution in [0.4, 0.5) is 0 Å². The zero-order valence-electron chi connectivity index (χ0n) is 9.55. The summed E-state index contributed by atoms with van der Waals surface area (Å²) < 4.78 is 1.90. The third-order valence-electron chi connectivity index (χ3n) is 1.95. The first-order valence-electron chi connectivity index (χ1n) is 5.07. The number of aliphatic hydroxyl groups excluding tert-OH is 1. The maximum Gasteiger partial charge on any atom is 0.187 e. The minimum atomic E-state index is 0.0101. The quantitative estimate of drug-likeness (QED) is 0.174. The summed E-state index contributed by atoms with van der Waals surface area (Å²) in [6.07, 6.45) is 3.75. The molecule has 7 heteroatoms. The predicted molar refractivity (Wildman–Crippen MR) is 69.2 cm³/mol. The first kappa shape index (κ1) is 13.3. The molecule has 0 unspecified atom stereocenters. The van der Waals surface area contributed by atoms with Crippen LogP contribution in [0.5, 0.6) is 0 Å². The van der Waals surface area contributed by atoms with E-state index in [2.05, 4.69) is 15.8 Å². The minimum Gasteiger partial charge on any atom is -0.395 e. The molecule has 0 spiro atoms. The molecule has 92 valence electrons. The summed E-state index contributed by atoms with van der Waals surface area (Å²) >= 11 is 4.91. The predicted octanol–water partition coefficient (Wildman–Crippen LogP) is -1.41. The van der Waals surface area contributed by atoms with E-state index in [0.29, 0.717) is 17.5 Å². The van der Waals surface area contributed by atoms with E-state index in [0.717, 1.165) is 5.56 Å². The largest absolute Gasteiger partial charge is 0.395 e. The summed E-state index contributed by atoms with van der Waals surface area (Å²) in [6.45, 7) is 0.388. The van der Waals surface area contributed by atoms with Crippen LogP contribution in [0.15, 0.2) is 29.6 Å². The molecule has 1 aromatic heterocycles. The van der Waals surface area contributed by atoms with Crippen LogP contribution in [0, 0.1) is 0 Å². The molecule has 0 saturated carbocycles. The average molecular weight is 254 g/mol. The van der Waals surface area contributed by atoms with Crippen molar-refractivity contribution in [3.8, 4) is 0 Å². The molecule has 6 nitrogen and oxygen atoms in total. The fourth-order valence-electron chi connectivity index (χ4n) is 1.06. The van der Waals surface area contributed by atoms with Gasteiger partial charge in [0.25, 0.3) is 0 Å². The van der Waals surface area contributed by atoms with Gasteiger partial charge in [0.15, 0.2) is 23.3 Å². The van der Waals surface area contributed by atoms with Crippen LogP contribution in [-0.2, 0) is 7.05 Å². The number of amidine groups is 1. The second-order valence-corrected chi connectivity index (χ2v) is 3.75. The SMILES string of the molecule is C[n+]1ccc(/C(N)=N/NC(=S)NCCO)cc1. The molecule has 17 heavy (non-hydrogen) atoms. The summed E-state index contributed by atoms with van der Waals surface area (Å²) in [7, 11) is 1.92. The molecule has 1 rings (SSSR count). The van der Waals surface area contributed by atoms with Gasteiger partial charge in [0.05, 0.1) is 6.61 Å². The van der Waals surface area contributed by atoms with Gasteiger partial charge in [0.2, 0.25) is 0 Å². The molecule has 0 fully saturated rings. The Morgan fingerprint density at radius 2 is 2.18 bits per heavy atom. The van der Waals surface area contributed by atoms with Crippen LogP contribution in [0.3, 0.4) is 0 Å². The van der Waals surface area contributed by atoms with Crippen molar-refractivity contribution in [3.63, 3.8) is 0 Å². The lowest BCUT2D eigenvalue weighted by Gasteiger charge is -2.05. The van der Waals surface area contributed by atoms with Gasteiger partial charge in [-0.15, -0.1) is 0 Å². The molecule has 0 aromatic carbocycles. The maximum absolute atomic E-state index is 8.58. The molecule has 0 radical (unpaired) electrons. The zero-order valence-corrected chi connectivity index (χ0v) is 10.4. The van der Waals surface area contributed by atoms with Gasteiger partial charge in [-0.25, -0.2) is 4.57 Å². The molecule has 1 heterocycles. The summed E-state index contributed by atoms with van der Waals surface area (Å²) in [4.78, 5) is 0. The topological polar surface area (TPSA) is 86.5 Å². The molecule has 0 bridgehead atoms. The Labute approximate surface area is 105 Å². The van der Waals surface area contributed by atoms with Crippen molar-refractivity contribution in [3.05, 3.63) is 30.1 Å². The maximum atomic E-state index is 8.58. The van der Waals surface area contributed by atoms with Crippen LogP contribution < -0.4 is 21.0 Å². The van der Waals surface area contributed by atoms with Gasteiger partial charge >= 0.3 is 0 Å². The number of nitrogens with zero attached hydrogens (tertiary/aromatic N) is 2. The second-order valence-electron chi connectivity index (χ2n) is 3.34. The fraction of sp³-hybridized carbons (Fsp3) is 0.300. The number of rotatable bonds is 4. The number of aromatic nitrogens is 1. The molecule has 0 aliphatic carbocycles. The van der Waals surface area contributed by atoms with Crippen LogP contribution in [0.2, 0.25) is 0 Å². The Morgan fingerprint density at radius 1 is 1.53 bits per heavy atom. The molecular formula is C10H16N5OS+. The number of aliphatic hydroxyl groups is 1. The van der Waals surface area contributed by atoms with Crippen LogP contribution in [0.1, 0.15) is 5.56 Å². The van der Waals surface area contributed by atoms with Crippen LogP contribution in [-0.4, -0.2) is 29.2 Å². The van der Waals surface area contributed by atoms with E-state index in [1.54, 1.807) is 0 Å². The Hall–Kier alpha value is -1.73. The van der Waals surface area contributed by atoms with Crippen molar-refractivity contribution in [2.75, 3.05) is 13.2 Å². The third-order valence-corrected chi connectivity index (χ3v) is 2.19. The monoisotopic (exact) mass is 254 g/mol. The van der Waals surface area contributed by atoms with Crippen molar-refractivity contribution in [1.82, 2.24) is 10.7 Å². The second kappa shape index (κ2) is 6.77. The first-order valence-corrected chi connectivity index (χ1v) is 5.48. The molecule has 5 N–H and O–H groups in total. The highest BCUT2D eigenvalue weighted by Gasteiger charge is 2.00. The standard InChI is InChI=1S/C10H15N5OS/c1-15-5-2-8(3-6-15)9(11)13-14-10(17)12-4-7-16/h2-3,5-6,16H,4,7,11H2,1H3,(H,12,17)/p+1. The number of aryl methyl sites for hydroxylation is 1. The molecule has 0 amide bonds. The zero-order chi connectivity index (χ0) is 12.7. The highest BCUT2D eigenvalue weighted by atomic mass is 32.1. The Morgan fingerprint density at radius 3 is 2.76 bits per heavy atom. The normalized spacial score (nSPS) is 11.1. The summed E-state index contributed by atoms with van der Waals surface area (Å²) in [6, 6.07) is 3.70. The Kier molecular flexibility index (Phi) is 5.31. The van der Waals surface area contributed by atoms with E-state index < -0.39 is 0 Å². The lowest BCUT2D eigenvalue weighted by molar-refractivity contribution is -0.671. The van der Waals surface area contributed by atoms with Gasteiger partial charge < -0.3 is 16.2 Å². The lowest BCUT2D eigenvalue weighted by atomic mass is 10.2. The summed E-state index contributed by atoms with van der Waals surface area (Å²) in [5.41, 5.74) is 9.17.